The summed E-state index contributed by atoms with van der Waals surface area (Å²) in [7, 11) is 0. The maximum atomic E-state index is 12.7. The number of hydrogen-bond donors (Lipinski definition) is 0. The van der Waals surface area contributed by atoms with E-state index < -0.39 is 0 Å². The van der Waals surface area contributed by atoms with Crippen molar-refractivity contribution in [1.82, 2.24) is 25.0 Å². The van der Waals surface area contributed by atoms with Crippen molar-refractivity contribution in [2.75, 3.05) is 13.1 Å². The van der Waals surface area contributed by atoms with Crippen LogP contribution < -0.4 is 4.74 Å². The summed E-state index contributed by atoms with van der Waals surface area (Å²) in [6.45, 7) is 1.14. The fourth-order valence-corrected chi connectivity index (χ4v) is 2.92. The smallest absolute Gasteiger partial charge is 0.276 e. The summed E-state index contributed by atoms with van der Waals surface area (Å²) < 4.78 is 11.1. The Hall–Kier alpha value is -3.29. The fraction of sp³-hybridized carbons (Fsp3) is 0.278. The number of amides is 1. The molecule has 0 aliphatic carbocycles. The van der Waals surface area contributed by atoms with E-state index in [0.29, 0.717) is 24.7 Å². The number of carbonyl (C=O) groups excluding carboxylic acids is 1. The molecule has 8 nitrogen and oxygen atoms in total. The van der Waals surface area contributed by atoms with Crippen LogP contribution in [0.15, 0.2) is 53.7 Å². The highest BCUT2D eigenvalue weighted by atomic mass is 16.5. The molecule has 8 heteroatoms. The molecular formula is C18H17N5O3. The van der Waals surface area contributed by atoms with Gasteiger partial charge in [-0.25, -0.2) is 4.98 Å². The molecule has 0 radical (unpaired) electrons. The highest BCUT2D eigenvalue weighted by Crippen LogP contribution is 2.22. The van der Waals surface area contributed by atoms with Gasteiger partial charge in [-0.3, -0.25) is 14.8 Å². The van der Waals surface area contributed by atoms with Gasteiger partial charge in [0.1, 0.15) is 6.10 Å². The van der Waals surface area contributed by atoms with Gasteiger partial charge in [-0.2, -0.15) is 0 Å². The number of hydrogen-bond acceptors (Lipinski definition) is 7. The van der Waals surface area contributed by atoms with Crippen molar-refractivity contribution < 1.29 is 14.1 Å². The second-order valence-electron chi connectivity index (χ2n) is 6.00. The monoisotopic (exact) mass is 351 g/mol. The molecule has 0 N–H and O–H groups in total. The van der Waals surface area contributed by atoms with Crippen molar-refractivity contribution in [3.63, 3.8) is 0 Å². The Balaban J connectivity index is 1.44. The Morgan fingerprint density at radius 3 is 2.96 bits per heavy atom. The first-order valence-electron chi connectivity index (χ1n) is 8.38. The average Bonchev–Trinajstić information content (AvgIpc) is 3.19. The van der Waals surface area contributed by atoms with E-state index in [-0.39, 0.29) is 17.7 Å². The lowest BCUT2D eigenvalue weighted by atomic mass is 10.1. The van der Waals surface area contributed by atoms with Crippen LogP contribution in [0, 0.1) is 0 Å². The van der Waals surface area contributed by atoms with Crippen molar-refractivity contribution in [2.45, 2.75) is 18.9 Å². The second kappa shape index (κ2) is 7.30. The zero-order chi connectivity index (χ0) is 17.8. The molecule has 1 saturated heterocycles. The third kappa shape index (κ3) is 3.53. The van der Waals surface area contributed by atoms with Crippen LogP contribution in [0.1, 0.15) is 23.3 Å². The number of ether oxygens (including phenoxy) is 1. The molecule has 1 aliphatic heterocycles. The van der Waals surface area contributed by atoms with Gasteiger partial charge in [0.05, 0.1) is 12.7 Å². The van der Waals surface area contributed by atoms with E-state index in [0.717, 1.165) is 18.4 Å². The third-order valence-corrected chi connectivity index (χ3v) is 4.17. The Kier molecular flexibility index (Phi) is 4.55. The summed E-state index contributed by atoms with van der Waals surface area (Å²) in [6, 6.07) is 5.30. The quantitative estimate of drug-likeness (QED) is 0.711. The van der Waals surface area contributed by atoms with Crippen molar-refractivity contribution in [2.24, 2.45) is 0 Å². The molecule has 1 fully saturated rings. The molecule has 132 valence electrons. The zero-order valence-corrected chi connectivity index (χ0v) is 14.0. The lowest BCUT2D eigenvalue weighted by Gasteiger charge is -2.32. The van der Waals surface area contributed by atoms with Crippen LogP contribution in [0.4, 0.5) is 0 Å². The van der Waals surface area contributed by atoms with Crippen molar-refractivity contribution >= 4 is 5.91 Å². The maximum absolute atomic E-state index is 12.7. The highest BCUT2D eigenvalue weighted by molar-refractivity contribution is 5.93. The van der Waals surface area contributed by atoms with Crippen LogP contribution in [0.25, 0.3) is 11.3 Å². The molecule has 1 atom stereocenters. The Bertz CT molecular complexity index is 869. The molecule has 0 saturated carbocycles. The molecule has 1 aliphatic rings. The van der Waals surface area contributed by atoms with Crippen molar-refractivity contribution in [1.29, 1.82) is 0 Å². The molecule has 1 unspecified atom stereocenters. The van der Waals surface area contributed by atoms with Crippen LogP contribution in [0.3, 0.4) is 0 Å². The SMILES string of the molecule is O=C(c1cc(-c2cccnc2)on1)N1CCCC(Oc2cnccn2)C1. The van der Waals surface area contributed by atoms with Gasteiger partial charge in [0.25, 0.3) is 5.91 Å². The zero-order valence-electron chi connectivity index (χ0n) is 14.0. The number of rotatable bonds is 4. The molecule has 0 bridgehead atoms. The van der Waals surface area contributed by atoms with E-state index >= 15 is 0 Å². The predicted octanol–water partition coefficient (Wildman–Crippen LogP) is 2.21. The Labute approximate surface area is 149 Å². The maximum Gasteiger partial charge on any atom is 0.276 e. The highest BCUT2D eigenvalue weighted by Gasteiger charge is 2.28. The van der Waals surface area contributed by atoms with E-state index in [4.69, 9.17) is 9.26 Å². The Morgan fingerprint density at radius 1 is 1.23 bits per heavy atom. The number of pyridine rings is 1. The van der Waals surface area contributed by atoms with Gasteiger partial charge in [-0.15, -0.1) is 0 Å². The first-order chi connectivity index (χ1) is 12.8. The van der Waals surface area contributed by atoms with Crippen LogP contribution in [-0.2, 0) is 0 Å². The lowest BCUT2D eigenvalue weighted by Crippen LogP contribution is -2.44. The molecule has 3 aromatic heterocycles. The minimum Gasteiger partial charge on any atom is -0.471 e. The van der Waals surface area contributed by atoms with Gasteiger partial charge in [0.15, 0.2) is 11.5 Å². The minimum absolute atomic E-state index is 0.117. The van der Waals surface area contributed by atoms with Gasteiger partial charge in [0, 0.05) is 43.0 Å². The predicted molar refractivity (Wildman–Crippen MR) is 91.3 cm³/mol. The normalized spacial score (nSPS) is 17.1. The van der Waals surface area contributed by atoms with E-state index in [2.05, 4.69) is 20.1 Å². The molecule has 4 heterocycles. The number of carbonyl (C=O) groups is 1. The van der Waals surface area contributed by atoms with Gasteiger partial charge in [-0.05, 0) is 25.0 Å². The van der Waals surface area contributed by atoms with Gasteiger partial charge in [0.2, 0.25) is 5.88 Å². The summed E-state index contributed by atoms with van der Waals surface area (Å²) in [5, 5.41) is 3.92. The topological polar surface area (TPSA) is 94.2 Å². The van der Waals surface area contributed by atoms with Gasteiger partial charge in [-0.1, -0.05) is 5.16 Å². The summed E-state index contributed by atoms with van der Waals surface area (Å²) in [5.41, 5.74) is 1.06. The van der Waals surface area contributed by atoms with E-state index in [9.17, 15) is 4.79 Å². The molecule has 4 rings (SSSR count). The summed E-state index contributed by atoms with van der Waals surface area (Å²) >= 11 is 0. The first-order valence-corrected chi connectivity index (χ1v) is 8.38. The van der Waals surface area contributed by atoms with Crippen molar-refractivity contribution in [3.05, 3.63) is 54.9 Å². The standard InChI is InChI=1S/C18H17N5O3/c24-18(15-9-16(26-22-15)13-3-1-5-19-10-13)23-8-2-4-14(12-23)25-17-11-20-6-7-21-17/h1,3,5-7,9-11,14H,2,4,8,12H2. The summed E-state index contributed by atoms with van der Waals surface area (Å²) in [4.78, 5) is 26.6. The van der Waals surface area contributed by atoms with Crippen LogP contribution in [0.2, 0.25) is 0 Å². The molecular weight excluding hydrogens is 334 g/mol. The lowest BCUT2D eigenvalue weighted by molar-refractivity contribution is 0.0518. The number of nitrogens with zero attached hydrogens (tertiary/aromatic N) is 5. The van der Waals surface area contributed by atoms with Crippen LogP contribution in [0.5, 0.6) is 5.88 Å². The van der Waals surface area contributed by atoms with E-state index in [1.807, 2.05) is 6.07 Å². The largest absolute Gasteiger partial charge is 0.471 e. The Morgan fingerprint density at radius 2 is 2.15 bits per heavy atom. The van der Waals surface area contributed by atoms with E-state index in [1.165, 1.54) is 0 Å². The van der Waals surface area contributed by atoms with Crippen LogP contribution in [-0.4, -0.2) is 50.1 Å². The third-order valence-electron chi connectivity index (χ3n) is 4.17. The number of likely N-dealkylation sites (tertiary alicyclic amines) is 1. The van der Waals surface area contributed by atoms with Crippen LogP contribution >= 0.6 is 0 Å². The van der Waals surface area contributed by atoms with Gasteiger partial charge >= 0.3 is 0 Å². The molecule has 1 amide bonds. The second-order valence-corrected chi connectivity index (χ2v) is 6.00. The summed E-state index contributed by atoms with van der Waals surface area (Å²) in [5.74, 6) is 0.814. The van der Waals surface area contributed by atoms with Gasteiger partial charge < -0.3 is 14.2 Å². The molecule has 0 spiro atoms. The van der Waals surface area contributed by atoms with E-state index in [1.54, 1.807) is 48.0 Å². The summed E-state index contributed by atoms with van der Waals surface area (Å²) in [6.07, 6.45) is 9.68. The average molecular weight is 351 g/mol. The minimum atomic E-state index is -0.170. The first kappa shape index (κ1) is 16.2. The molecule has 0 aromatic carbocycles. The van der Waals surface area contributed by atoms with Crippen molar-refractivity contribution in [3.8, 4) is 17.2 Å². The molecule has 26 heavy (non-hydrogen) atoms. The fourth-order valence-electron chi connectivity index (χ4n) is 2.92. The molecule has 3 aromatic rings. The number of piperidine rings is 1. The number of aromatic nitrogens is 4.